The van der Waals surface area contributed by atoms with Gasteiger partial charge in [-0.1, -0.05) is 0 Å². The van der Waals surface area contributed by atoms with Crippen LogP contribution in [0.15, 0.2) is 23.1 Å². The zero-order valence-corrected chi connectivity index (χ0v) is 14.3. The normalized spacial score (nSPS) is 19.5. The van der Waals surface area contributed by atoms with Crippen LogP contribution in [-0.2, 0) is 10.0 Å². The van der Waals surface area contributed by atoms with Gasteiger partial charge in [-0.3, -0.25) is 0 Å². The minimum atomic E-state index is -3.65. The molecular formula is C14H22ClFN2O3S. The van der Waals surface area contributed by atoms with Gasteiger partial charge in [-0.25, -0.2) is 12.8 Å². The van der Waals surface area contributed by atoms with E-state index in [2.05, 4.69) is 5.32 Å². The van der Waals surface area contributed by atoms with Crippen LogP contribution >= 0.6 is 12.4 Å². The molecule has 0 amide bonds. The van der Waals surface area contributed by atoms with Crippen LogP contribution in [0.1, 0.15) is 12.8 Å². The van der Waals surface area contributed by atoms with Crippen molar-refractivity contribution in [2.75, 3.05) is 33.8 Å². The quantitative estimate of drug-likeness (QED) is 0.879. The van der Waals surface area contributed by atoms with Crippen LogP contribution in [0.5, 0.6) is 5.75 Å². The lowest BCUT2D eigenvalue weighted by Gasteiger charge is -2.31. The molecule has 0 aromatic heterocycles. The monoisotopic (exact) mass is 352 g/mol. The van der Waals surface area contributed by atoms with E-state index in [-0.39, 0.29) is 23.1 Å². The Morgan fingerprint density at radius 1 is 1.45 bits per heavy atom. The topological polar surface area (TPSA) is 58.6 Å². The molecule has 1 heterocycles. The molecule has 1 aromatic carbocycles. The number of nitrogens with zero attached hydrogens (tertiary/aromatic N) is 1. The van der Waals surface area contributed by atoms with Crippen LogP contribution < -0.4 is 10.1 Å². The molecule has 1 N–H and O–H groups in total. The predicted octanol–water partition coefficient (Wildman–Crippen LogP) is 1.88. The minimum absolute atomic E-state index is 0. The number of methoxy groups -OCH3 is 1. The smallest absolute Gasteiger partial charge is 0.243 e. The summed E-state index contributed by atoms with van der Waals surface area (Å²) in [7, 11) is -0.450. The third-order valence-electron chi connectivity index (χ3n) is 3.74. The highest BCUT2D eigenvalue weighted by molar-refractivity contribution is 7.89. The Kier molecular flexibility index (Phi) is 7.05. The van der Waals surface area contributed by atoms with Crippen molar-refractivity contribution in [3.05, 3.63) is 24.0 Å². The second-order valence-corrected chi connectivity index (χ2v) is 7.16. The highest BCUT2D eigenvalue weighted by atomic mass is 35.5. The van der Waals surface area contributed by atoms with E-state index in [0.717, 1.165) is 25.5 Å². The molecule has 1 atom stereocenters. The van der Waals surface area contributed by atoms with Gasteiger partial charge in [0, 0.05) is 13.1 Å². The summed E-state index contributed by atoms with van der Waals surface area (Å²) in [5, 5.41) is 3.08. The fraction of sp³-hybridized carbons (Fsp3) is 0.571. The van der Waals surface area contributed by atoms with E-state index < -0.39 is 15.8 Å². The number of nitrogens with one attached hydrogen (secondary N) is 1. The van der Waals surface area contributed by atoms with E-state index in [4.69, 9.17) is 4.74 Å². The van der Waals surface area contributed by atoms with Crippen molar-refractivity contribution in [3.63, 3.8) is 0 Å². The van der Waals surface area contributed by atoms with Crippen LogP contribution in [0.3, 0.4) is 0 Å². The molecule has 0 saturated carbocycles. The van der Waals surface area contributed by atoms with E-state index in [1.54, 1.807) is 0 Å². The average Bonchev–Trinajstić information content (AvgIpc) is 2.48. The van der Waals surface area contributed by atoms with E-state index in [9.17, 15) is 12.8 Å². The highest BCUT2D eigenvalue weighted by Crippen LogP contribution is 2.26. The Morgan fingerprint density at radius 2 is 2.18 bits per heavy atom. The SMILES string of the molecule is CNCC1CCCN(S(=O)(=O)c2ccc(OC)c(F)c2)C1.Cl. The molecular weight excluding hydrogens is 331 g/mol. The standard InChI is InChI=1S/C14H21FN2O3S.ClH/c1-16-9-11-4-3-7-17(10-11)21(18,19)12-5-6-14(20-2)13(15)8-12;/h5-6,8,11,16H,3-4,7,9-10H2,1-2H3;1H. The molecule has 1 aromatic rings. The van der Waals surface area contributed by atoms with Crippen LogP contribution in [0.4, 0.5) is 4.39 Å². The van der Waals surface area contributed by atoms with E-state index in [1.165, 1.54) is 23.5 Å². The lowest BCUT2D eigenvalue weighted by molar-refractivity contribution is 0.263. The zero-order valence-electron chi connectivity index (χ0n) is 12.7. The lowest BCUT2D eigenvalue weighted by atomic mass is 10.00. The van der Waals surface area contributed by atoms with Crippen LogP contribution in [0, 0.1) is 11.7 Å². The van der Waals surface area contributed by atoms with Gasteiger partial charge in [0.15, 0.2) is 11.6 Å². The van der Waals surface area contributed by atoms with Crippen molar-refractivity contribution < 1.29 is 17.5 Å². The Bertz CT molecular complexity index is 596. The Hall–Kier alpha value is -0.890. The fourth-order valence-corrected chi connectivity index (χ4v) is 4.22. The van der Waals surface area contributed by atoms with Crippen molar-refractivity contribution in [1.29, 1.82) is 0 Å². The van der Waals surface area contributed by atoms with Gasteiger partial charge < -0.3 is 10.1 Å². The predicted molar refractivity (Wildman–Crippen MR) is 85.6 cm³/mol. The maximum Gasteiger partial charge on any atom is 0.243 e. The molecule has 2 rings (SSSR count). The second kappa shape index (κ2) is 8.10. The molecule has 1 aliphatic heterocycles. The highest BCUT2D eigenvalue weighted by Gasteiger charge is 2.30. The molecule has 22 heavy (non-hydrogen) atoms. The molecule has 1 unspecified atom stereocenters. The second-order valence-electron chi connectivity index (χ2n) is 5.23. The number of benzene rings is 1. The molecule has 1 aliphatic rings. The number of rotatable bonds is 5. The Morgan fingerprint density at radius 3 is 2.77 bits per heavy atom. The molecule has 5 nitrogen and oxygen atoms in total. The number of hydrogen-bond acceptors (Lipinski definition) is 4. The van der Waals surface area contributed by atoms with Crippen LogP contribution in [-0.4, -0.2) is 46.5 Å². The van der Waals surface area contributed by atoms with E-state index in [0.29, 0.717) is 19.0 Å². The Balaban J connectivity index is 0.00000242. The molecule has 0 radical (unpaired) electrons. The fourth-order valence-electron chi connectivity index (χ4n) is 2.66. The molecule has 1 saturated heterocycles. The molecule has 8 heteroatoms. The summed E-state index contributed by atoms with van der Waals surface area (Å²) in [6, 6.07) is 3.76. The van der Waals surface area contributed by atoms with Crippen LogP contribution in [0.2, 0.25) is 0 Å². The summed E-state index contributed by atoms with van der Waals surface area (Å²) in [5.74, 6) is -0.329. The van der Waals surface area contributed by atoms with Gasteiger partial charge >= 0.3 is 0 Å². The first kappa shape index (κ1) is 19.2. The Labute approximate surface area is 137 Å². The largest absolute Gasteiger partial charge is 0.494 e. The van der Waals surface area contributed by atoms with Crippen molar-refractivity contribution >= 4 is 22.4 Å². The minimum Gasteiger partial charge on any atom is -0.494 e. The summed E-state index contributed by atoms with van der Waals surface area (Å²) < 4.78 is 45.2. The maximum atomic E-state index is 13.7. The lowest BCUT2D eigenvalue weighted by Crippen LogP contribution is -2.42. The van der Waals surface area contributed by atoms with Crippen molar-refractivity contribution in [2.45, 2.75) is 17.7 Å². The molecule has 0 bridgehead atoms. The zero-order chi connectivity index (χ0) is 15.5. The number of halogens is 2. The number of hydrogen-bond donors (Lipinski definition) is 1. The van der Waals surface area contributed by atoms with Gasteiger partial charge in [0.05, 0.1) is 12.0 Å². The van der Waals surface area contributed by atoms with Gasteiger partial charge in [-0.15, -0.1) is 12.4 Å². The van der Waals surface area contributed by atoms with Gasteiger partial charge in [-0.2, -0.15) is 4.31 Å². The summed E-state index contributed by atoms with van der Waals surface area (Å²) in [4.78, 5) is -0.0223. The molecule has 0 spiro atoms. The van der Waals surface area contributed by atoms with Gasteiger partial charge in [0.1, 0.15) is 0 Å². The number of piperidine rings is 1. The van der Waals surface area contributed by atoms with E-state index >= 15 is 0 Å². The summed E-state index contributed by atoms with van der Waals surface area (Å²) in [6.07, 6.45) is 1.83. The third-order valence-corrected chi connectivity index (χ3v) is 5.60. The number of sulfonamides is 1. The molecule has 1 fully saturated rings. The van der Waals surface area contributed by atoms with Crippen molar-refractivity contribution in [3.8, 4) is 5.75 Å². The average molecular weight is 353 g/mol. The molecule has 0 aliphatic carbocycles. The van der Waals surface area contributed by atoms with Crippen molar-refractivity contribution in [1.82, 2.24) is 9.62 Å². The summed E-state index contributed by atoms with van der Waals surface area (Å²) in [6.45, 7) is 1.73. The van der Waals surface area contributed by atoms with Crippen molar-refractivity contribution in [2.24, 2.45) is 5.92 Å². The van der Waals surface area contributed by atoms with Gasteiger partial charge in [0.25, 0.3) is 0 Å². The summed E-state index contributed by atoms with van der Waals surface area (Å²) >= 11 is 0. The first-order valence-corrected chi connectivity index (χ1v) is 8.41. The van der Waals surface area contributed by atoms with Gasteiger partial charge in [-0.05, 0) is 50.6 Å². The number of ether oxygens (including phenoxy) is 1. The van der Waals surface area contributed by atoms with E-state index in [1.807, 2.05) is 7.05 Å². The summed E-state index contributed by atoms with van der Waals surface area (Å²) in [5.41, 5.74) is 0. The first-order valence-electron chi connectivity index (χ1n) is 6.97. The molecule has 126 valence electrons. The first-order chi connectivity index (χ1) is 9.98. The maximum absolute atomic E-state index is 13.7. The third kappa shape index (κ3) is 4.10. The van der Waals surface area contributed by atoms with Gasteiger partial charge in [0.2, 0.25) is 10.0 Å². The van der Waals surface area contributed by atoms with Crippen LogP contribution in [0.25, 0.3) is 0 Å².